The standard InChI is InChI=1S/C23H21Cl2N3O4S/c1-15(29)26-18-10-12-19(13-11-18)27-23(30)17-8-6-16(7-9-17)14-28(33(2,31)32)21-5-3-4-20(24)22(21)25/h3-13H,14H2,1-2H3,(H,26,29)(H,27,30). The summed E-state index contributed by atoms with van der Waals surface area (Å²) in [6.45, 7) is 1.43. The number of amides is 2. The number of rotatable bonds is 7. The summed E-state index contributed by atoms with van der Waals surface area (Å²) in [4.78, 5) is 23.6. The Morgan fingerprint density at radius 3 is 2.00 bits per heavy atom. The third-order valence-corrected chi connectivity index (χ3v) is 6.54. The molecule has 0 aliphatic rings. The van der Waals surface area contributed by atoms with Crippen molar-refractivity contribution >= 4 is 62.1 Å². The monoisotopic (exact) mass is 505 g/mol. The van der Waals surface area contributed by atoms with Crippen molar-refractivity contribution in [3.05, 3.63) is 87.9 Å². The summed E-state index contributed by atoms with van der Waals surface area (Å²) < 4.78 is 26.0. The van der Waals surface area contributed by atoms with Crippen LogP contribution in [0, 0.1) is 0 Å². The molecule has 7 nitrogen and oxygen atoms in total. The number of carbonyl (C=O) groups excluding carboxylic acids is 2. The van der Waals surface area contributed by atoms with Gasteiger partial charge in [-0.1, -0.05) is 41.4 Å². The number of nitrogens with zero attached hydrogens (tertiary/aromatic N) is 1. The highest BCUT2D eigenvalue weighted by Crippen LogP contribution is 2.34. The van der Waals surface area contributed by atoms with Gasteiger partial charge >= 0.3 is 0 Å². The minimum Gasteiger partial charge on any atom is -0.326 e. The molecule has 0 bridgehead atoms. The van der Waals surface area contributed by atoms with E-state index in [1.54, 1.807) is 66.7 Å². The first kappa shape index (κ1) is 24.6. The minimum absolute atomic E-state index is 0.0193. The molecule has 0 unspecified atom stereocenters. The lowest BCUT2D eigenvalue weighted by Gasteiger charge is -2.24. The van der Waals surface area contributed by atoms with E-state index in [4.69, 9.17) is 23.2 Å². The van der Waals surface area contributed by atoms with Gasteiger partial charge in [0.1, 0.15) is 0 Å². The van der Waals surface area contributed by atoms with Crippen LogP contribution in [0.25, 0.3) is 0 Å². The zero-order valence-corrected chi connectivity index (χ0v) is 20.1. The van der Waals surface area contributed by atoms with Crippen molar-refractivity contribution in [1.82, 2.24) is 0 Å². The molecule has 0 fully saturated rings. The topological polar surface area (TPSA) is 95.6 Å². The maximum absolute atomic E-state index is 12.6. The molecule has 0 saturated heterocycles. The van der Waals surface area contributed by atoms with Gasteiger partial charge in [-0.25, -0.2) is 8.42 Å². The fourth-order valence-electron chi connectivity index (χ4n) is 3.04. The summed E-state index contributed by atoms with van der Waals surface area (Å²) in [5.41, 5.74) is 2.53. The Morgan fingerprint density at radius 1 is 0.879 bits per heavy atom. The van der Waals surface area contributed by atoms with Gasteiger partial charge in [0, 0.05) is 23.9 Å². The molecule has 0 atom stereocenters. The molecule has 0 spiro atoms. The van der Waals surface area contributed by atoms with Crippen LogP contribution >= 0.6 is 23.2 Å². The van der Waals surface area contributed by atoms with Crippen molar-refractivity contribution in [1.29, 1.82) is 0 Å². The molecule has 0 aliphatic heterocycles. The van der Waals surface area contributed by atoms with Gasteiger partial charge in [0.15, 0.2) is 0 Å². The number of nitrogens with one attached hydrogen (secondary N) is 2. The number of carbonyl (C=O) groups is 2. The van der Waals surface area contributed by atoms with Gasteiger partial charge < -0.3 is 10.6 Å². The summed E-state index contributed by atoms with van der Waals surface area (Å²) in [6, 6.07) is 18.1. The van der Waals surface area contributed by atoms with E-state index in [9.17, 15) is 18.0 Å². The predicted molar refractivity (Wildman–Crippen MR) is 133 cm³/mol. The fourth-order valence-corrected chi connectivity index (χ4v) is 4.38. The van der Waals surface area contributed by atoms with Crippen LogP contribution in [0.2, 0.25) is 10.0 Å². The van der Waals surface area contributed by atoms with Crippen LogP contribution < -0.4 is 14.9 Å². The van der Waals surface area contributed by atoms with Gasteiger partial charge in [-0.2, -0.15) is 0 Å². The third kappa shape index (κ3) is 6.47. The number of anilines is 3. The predicted octanol–water partition coefficient (Wildman–Crippen LogP) is 5.17. The van der Waals surface area contributed by atoms with Gasteiger partial charge in [-0.15, -0.1) is 0 Å². The number of halogens is 2. The van der Waals surface area contributed by atoms with Gasteiger partial charge in [-0.3, -0.25) is 13.9 Å². The molecule has 0 aromatic heterocycles. The van der Waals surface area contributed by atoms with Gasteiger partial charge in [0.05, 0.1) is 28.5 Å². The Kier molecular flexibility index (Phi) is 7.63. The number of hydrogen-bond donors (Lipinski definition) is 2. The van der Waals surface area contributed by atoms with Gasteiger partial charge in [0.2, 0.25) is 15.9 Å². The molecule has 0 heterocycles. The van der Waals surface area contributed by atoms with Crippen LogP contribution in [0.1, 0.15) is 22.8 Å². The molecule has 0 saturated carbocycles. The largest absolute Gasteiger partial charge is 0.326 e. The first-order valence-corrected chi connectivity index (χ1v) is 12.3. The highest BCUT2D eigenvalue weighted by atomic mass is 35.5. The first-order valence-electron chi connectivity index (χ1n) is 9.74. The first-order chi connectivity index (χ1) is 15.5. The summed E-state index contributed by atoms with van der Waals surface area (Å²) in [5, 5.41) is 5.82. The normalized spacial score (nSPS) is 11.0. The van der Waals surface area contributed by atoms with E-state index in [0.29, 0.717) is 22.5 Å². The fraction of sp³-hybridized carbons (Fsp3) is 0.130. The Hall–Kier alpha value is -3.07. The van der Waals surface area contributed by atoms with Crippen molar-refractivity contribution in [2.75, 3.05) is 21.2 Å². The maximum atomic E-state index is 12.6. The van der Waals surface area contributed by atoms with E-state index in [-0.39, 0.29) is 34.1 Å². The summed E-state index contributed by atoms with van der Waals surface area (Å²) >= 11 is 12.3. The van der Waals surface area contributed by atoms with Crippen molar-refractivity contribution in [2.24, 2.45) is 0 Å². The van der Waals surface area contributed by atoms with E-state index >= 15 is 0 Å². The highest BCUT2D eigenvalue weighted by Gasteiger charge is 2.21. The minimum atomic E-state index is -3.65. The molecule has 2 amide bonds. The van der Waals surface area contributed by atoms with Crippen molar-refractivity contribution in [3.8, 4) is 0 Å². The SMILES string of the molecule is CC(=O)Nc1ccc(NC(=O)c2ccc(CN(c3cccc(Cl)c3Cl)S(C)(=O)=O)cc2)cc1. The van der Waals surface area contributed by atoms with E-state index in [1.807, 2.05) is 0 Å². The van der Waals surface area contributed by atoms with E-state index in [2.05, 4.69) is 10.6 Å². The van der Waals surface area contributed by atoms with Crippen LogP contribution in [-0.2, 0) is 21.4 Å². The van der Waals surface area contributed by atoms with E-state index < -0.39 is 10.0 Å². The number of benzene rings is 3. The quantitative estimate of drug-likeness (QED) is 0.462. The molecule has 10 heteroatoms. The lowest BCUT2D eigenvalue weighted by atomic mass is 10.1. The van der Waals surface area contributed by atoms with Gasteiger partial charge in [0.25, 0.3) is 5.91 Å². The smallest absolute Gasteiger partial charge is 0.255 e. The average Bonchev–Trinajstić information content (AvgIpc) is 2.75. The van der Waals surface area contributed by atoms with Crippen LogP contribution in [0.4, 0.5) is 17.1 Å². The van der Waals surface area contributed by atoms with Crippen molar-refractivity contribution in [2.45, 2.75) is 13.5 Å². The summed E-state index contributed by atoms with van der Waals surface area (Å²) in [6.07, 6.45) is 1.09. The zero-order chi connectivity index (χ0) is 24.2. The molecule has 3 rings (SSSR count). The molecule has 0 aliphatic carbocycles. The van der Waals surface area contributed by atoms with Crippen molar-refractivity contribution in [3.63, 3.8) is 0 Å². The molecule has 3 aromatic carbocycles. The summed E-state index contributed by atoms with van der Waals surface area (Å²) in [7, 11) is -3.65. The van der Waals surface area contributed by atoms with Crippen LogP contribution in [0.3, 0.4) is 0 Å². The summed E-state index contributed by atoms with van der Waals surface area (Å²) in [5.74, 6) is -0.509. The Morgan fingerprint density at radius 2 is 1.45 bits per heavy atom. The van der Waals surface area contributed by atoms with Crippen molar-refractivity contribution < 1.29 is 18.0 Å². The molecule has 3 aromatic rings. The Labute approximate surface area is 202 Å². The van der Waals surface area contributed by atoms with Crippen LogP contribution in [0.5, 0.6) is 0 Å². The highest BCUT2D eigenvalue weighted by molar-refractivity contribution is 7.92. The molecule has 172 valence electrons. The second kappa shape index (κ2) is 10.2. The van der Waals surface area contributed by atoms with Gasteiger partial charge in [-0.05, 0) is 54.1 Å². The molecular formula is C23H21Cl2N3O4S. The zero-order valence-electron chi connectivity index (χ0n) is 17.8. The van der Waals surface area contributed by atoms with Crippen LogP contribution in [0.15, 0.2) is 66.7 Å². The molecule has 2 N–H and O–H groups in total. The van der Waals surface area contributed by atoms with E-state index in [0.717, 1.165) is 10.6 Å². The lowest BCUT2D eigenvalue weighted by molar-refractivity contribution is -0.114. The lowest BCUT2D eigenvalue weighted by Crippen LogP contribution is -2.29. The Balaban J connectivity index is 1.74. The van der Waals surface area contributed by atoms with Crippen LogP contribution in [-0.4, -0.2) is 26.5 Å². The van der Waals surface area contributed by atoms with E-state index in [1.165, 1.54) is 6.92 Å². The average molecular weight is 506 g/mol. The second-order valence-corrected chi connectivity index (χ2v) is 9.94. The molecule has 33 heavy (non-hydrogen) atoms. The number of sulfonamides is 1. The molecular weight excluding hydrogens is 485 g/mol. The molecule has 0 radical (unpaired) electrons. The Bertz CT molecular complexity index is 1280. The second-order valence-electron chi connectivity index (χ2n) is 7.25. The number of hydrogen-bond acceptors (Lipinski definition) is 4. The maximum Gasteiger partial charge on any atom is 0.255 e. The third-order valence-electron chi connectivity index (χ3n) is 4.61.